The molecule has 0 radical (unpaired) electrons. The van der Waals surface area contributed by atoms with Gasteiger partial charge in [0.15, 0.2) is 11.9 Å². The largest absolute Gasteiger partial charge is 0.502 e. The van der Waals surface area contributed by atoms with Gasteiger partial charge in [-0.1, -0.05) is 0 Å². The van der Waals surface area contributed by atoms with Gasteiger partial charge in [0.2, 0.25) is 11.7 Å². The van der Waals surface area contributed by atoms with Crippen LogP contribution in [0.2, 0.25) is 0 Å². The summed E-state index contributed by atoms with van der Waals surface area (Å²) in [6.07, 6.45) is 2.85. The highest BCUT2D eigenvalue weighted by atomic mass is 16.3. The van der Waals surface area contributed by atoms with Crippen LogP contribution in [0.3, 0.4) is 0 Å². The van der Waals surface area contributed by atoms with E-state index in [1.807, 2.05) is 0 Å². The Morgan fingerprint density at radius 1 is 1.56 bits per heavy atom. The lowest BCUT2D eigenvalue weighted by atomic mass is 10.1. The van der Waals surface area contributed by atoms with Crippen molar-refractivity contribution >= 4 is 12.2 Å². The van der Waals surface area contributed by atoms with E-state index in [1.54, 1.807) is 13.1 Å². The summed E-state index contributed by atoms with van der Waals surface area (Å²) < 4.78 is 0. The minimum Gasteiger partial charge on any atom is -0.502 e. The Hall–Kier alpha value is -2.15. The molecule has 0 atom stereocenters. The highest BCUT2D eigenvalue weighted by molar-refractivity contribution is 5.86. The third kappa shape index (κ3) is 2.67. The molecule has 0 amide bonds. The molecule has 7 nitrogen and oxygen atoms in total. The van der Waals surface area contributed by atoms with Gasteiger partial charge in [0.25, 0.3) is 0 Å². The molecule has 0 saturated carbocycles. The van der Waals surface area contributed by atoms with E-state index in [2.05, 4.69) is 15.2 Å². The number of aromatic nitrogens is 1. The average Bonchev–Trinajstić information content (AvgIpc) is 2.24. The fourth-order valence-electron chi connectivity index (χ4n) is 1.12. The average molecular weight is 224 g/mol. The molecule has 16 heavy (non-hydrogen) atoms. The number of aromatic hydroxyl groups is 1. The Morgan fingerprint density at radius 3 is 2.81 bits per heavy atom. The maximum Gasteiger partial charge on any atom is 0.219 e. The van der Waals surface area contributed by atoms with E-state index in [4.69, 9.17) is 16.6 Å². The Labute approximate surface area is 92.1 Å². The molecule has 1 aromatic heterocycles. The second kappa shape index (κ2) is 5.08. The van der Waals surface area contributed by atoms with Crippen LogP contribution >= 0.6 is 0 Å². The molecule has 0 aromatic carbocycles. The fraction of sp³-hybridized carbons (Fsp3) is 0.222. The van der Waals surface area contributed by atoms with Crippen molar-refractivity contribution in [1.29, 1.82) is 0 Å². The first-order valence-electron chi connectivity index (χ1n) is 4.52. The van der Waals surface area contributed by atoms with Gasteiger partial charge in [0, 0.05) is 6.92 Å². The van der Waals surface area contributed by atoms with Crippen LogP contribution in [-0.2, 0) is 6.61 Å². The molecule has 0 fully saturated rings. The van der Waals surface area contributed by atoms with Crippen molar-refractivity contribution in [2.75, 3.05) is 0 Å². The number of H-pyrrole nitrogens is 1. The van der Waals surface area contributed by atoms with Crippen molar-refractivity contribution in [2.45, 2.75) is 13.5 Å². The third-order valence-corrected chi connectivity index (χ3v) is 1.95. The van der Waals surface area contributed by atoms with Crippen LogP contribution in [0.1, 0.15) is 16.8 Å². The molecule has 0 bridgehead atoms. The van der Waals surface area contributed by atoms with Crippen molar-refractivity contribution in [3.63, 3.8) is 0 Å². The van der Waals surface area contributed by atoms with Gasteiger partial charge in [-0.25, -0.2) is 4.98 Å². The number of nitrogens with zero attached hydrogens (tertiary/aromatic N) is 2. The summed E-state index contributed by atoms with van der Waals surface area (Å²) in [5, 5.41) is 25.8. The van der Waals surface area contributed by atoms with E-state index in [0.29, 0.717) is 16.8 Å². The van der Waals surface area contributed by atoms with Crippen molar-refractivity contribution in [2.24, 2.45) is 21.7 Å². The van der Waals surface area contributed by atoms with Gasteiger partial charge in [0.05, 0.1) is 23.9 Å². The molecule has 0 unspecified atom stereocenters. The van der Waals surface area contributed by atoms with E-state index in [-0.39, 0.29) is 18.3 Å². The van der Waals surface area contributed by atoms with E-state index < -0.39 is 0 Å². The van der Waals surface area contributed by atoms with Crippen molar-refractivity contribution in [3.05, 3.63) is 23.0 Å². The SMILES string of the molecule is Cc1[nH+]cc(CO)c(/C=N/N=C(N)N)c1O. The van der Waals surface area contributed by atoms with Crippen molar-refractivity contribution in [1.82, 2.24) is 0 Å². The minimum atomic E-state index is -0.229. The van der Waals surface area contributed by atoms with Crippen LogP contribution in [0.25, 0.3) is 0 Å². The number of guanidine groups is 1. The highest BCUT2D eigenvalue weighted by Gasteiger charge is 2.13. The van der Waals surface area contributed by atoms with Gasteiger partial charge in [-0.05, 0) is 0 Å². The van der Waals surface area contributed by atoms with E-state index in [9.17, 15) is 5.11 Å². The third-order valence-electron chi connectivity index (χ3n) is 1.95. The molecule has 7 heteroatoms. The molecule has 1 aromatic rings. The van der Waals surface area contributed by atoms with E-state index in [1.165, 1.54) is 6.21 Å². The minimum absolute atomic E-state index is 0.00101. The van der Waals surface area contributed by atoms with Crippen LogP contribution in [0, 0.1) is 6.92 Å². The fourth-order valence-corrected chi connectivity index (χ4v) is 1.12. The van der Waals surface area contributed by atoms with Crippen LogP contribution in [0.4, 0.5) is 0 Å². The van der Waals surface area contributed by atoms with Gasteiger partial charge in [0.1, 0.15) is 0 Å². The van der Waals surface area contributed by atoms with Crippen molar-refractivity contribution < 1.29 is 15.2 Å². The number of hydrogen-bond acceptors (Lipinski definition) is 4. The molecular weight excluding hydrogens is 210 g/mol. The quantitative estimate of drug-likeness (QED) is 0.286. The van der Waals surface area contributed by atoms with Crippen LogP contribution in [0.15, 0.2) is 16.4 Å². The van der Waals surface area contributed by atoms with Crippen LogP contribution in [0.5, 0.6) is 5.75 Å². The van der Waals surface area contributed by atoms with Gasteiger partial charge < -0.3 is 21.7 Å². The van der Waals surface area contributed by atoms with Gasteiger partial charge in [-0.3, -0.25) is 0 Å². The predicted octanol–water partition coefficient (Wildman–Crippen LogP) is -1.39. The number of aromatic amines is 1. The zero-order valence-corrected chi connectivity index (χ0v) is 8.81. The summed E-state index contributed by atoms with van der Waals surface area (Å²) >= 11 is 0. The predicted molar refractivity (Wildman–Crippen MR) is 58.7 cm³/mol. The topological polar surface area (TPSA) is 131 Å². The number of aryl methyl sites for hydroxylation is 1. The summed E-state index contributed by atoms with van der Waals surface area (Å²) in [6.45, 7) is 1.46. The molecule has 0 aliphatic carbocycles. The second-order valence-electron chi connectivity index (χ2n) is 3.13. The molecular formula is C9H14N5O2+. The number of pyridine rings is 1. The molecule has 0 spiro atoms. The van der Waals surface area contributed by atoms with Gasteiger partial charge in [-0.2, -0.15) is 5.10 Å². The first-order chi connectivity index (χ1) is 7.56. The number of nitrogens with one attached hydrogen (secondary N) is 1. The second-order valence-corrected chi connectivity index (χ2v) is 3.13. The highest BCUT2D eigenvalue weighted by Crippen LogP contribution is 2.19. The number of aliphatic hydroxyl groups excluding tert-OH is 1. The smallest absolute Gasteiger partial charge is 0.219 e. The maximum atomic E-state index is 9.73. The number of rotatable bonds is 3. The Kier molecular flexibility index (Phi) is 3.78. The molecule has 0 aliphatic heterocycles. The van der Waals surface area contributed by atoms with Crippen LogP contribution in [-0.4, -0.2) is 22.4 Å². The Morgan fingerprint density at radius 2 is 2.25 bits per heavy atom. The standard InChI is InChI=1S/C9H13N5O2/c1-5-8(16)7(3-13-14-9(10)11)6(4-15)2-12-5/h2-3,15-16H,4H2,1H3,(H4,10,11,14)/p+1/b13-3+. The Balaban J connectivity index is 3.15. The molecule has 0 aliphatic rings. The molecule has 0 saturated heterocycles. The van der Waals surface area contributed by atoms with E-state index in [0.717, 1.165) is 0 Å². The van der Waals surface area contributed by atoms with Crippen LogP contribution < -0.4 is 16.5 Å². The molecule has 7 N–H and O–H groups in total. The summed E-state index contributed by atoms with van der Waals surface area (Å²) in [6, 6.07) is 0. The molecule has 86 valence electrons. The van der Waals surface area contributed by atoms with E-state index >= 15 is 0 Å². The summed E-state index contributed by atoms with van der Waals surface area (Å²) in [5.41, 5.74) is 11.6. The zero-order chi connectivity index (χ0) is 12.1. The van der Waals surface area contributed by atoms with Crippen molar-refractivity contribution in [3.8, 4) is 5.75 Å². The zero-order valence-electron chi connectivity index (χ0n) is 8.81. The number of nitrogens with two attached hydrogens (primary N) is 2. The lowest BCUT2D eigenvalue weighted by Crippen LogP contribution is -2.21. The number of hydrogen-bond donors (Lipinski definition) is 4. The van der Waals surface area contributed by atoms with Gasteiger partial charge >= 0.3 is 0 Å². The normalized spacial score (nSPS) is 10.6. The first-order valence-corrected chi connectivity index (χ1v) is 4.52. The summed E-state index contributed by atoms with van der Waals surface area (Å²) in [5.74, 6) is -0.179. The maximum absolute atomic E-state index is 9.73. The lowest BCUT2D eigenvalue weighted by Gasteiger charge is -2.01. The lowest BCUT2D eigenvalue weighted by molar-refractivity contribution is -0.389. The molecule has 1 rings (SSSR count). The monoisotopic (exact) mass is 224 g/mol. The molecule has 1 heterocycles. The number of aliphatic hydroxyl groups is 1. The summed E-state index contributed by atoms with van der Waals surface area (Å²) in [4.78, 5) is 2.80. The summed E-state index contributed by atoms with van der Waals surface area (Å²) in [7, 11) is 0. The first kappa shape index (κ1) is 11.9. The Bertz CT molecular complexity index is 438. The van der Waals surface area contributed by atoms with Gasteiger partial charge in [-0.15, -0.1) is 5.10 Å².